The molecule has 0 saturated carbocycles. The Balaban J connectivity index is 0.000000466. The Morgan fingerprint density at radius 3 is 2.14 bits per heavy atom. The lowest BCUT2D eigenvalue weighted by Gasteiger charge is -2.35. The summed E-state index contributed by atoms with van der Waals surface area (Å²) in [4.78, 5) is 41.0. The molecule has 0 spiro atoms. The number of alkyl halides is 3. The Hall–Kier alpha value is -3.15. The van der Waals surface area contributed by atoms with Crippen molar-refractivity contribution in [3.05, 3.63) is 36.0 Å². The molecule has 1 unspecified atom stereocenters. The average molecular weight is 501 g/mol. The number of nitrogens with zero attached hydrogens (tertiary/aromatic N) is 4. The number of carbonyl (C=O) groups excluding carboxylic acids is 1. The summed E-state index contributed by atoms with van der Waals surface area (Å²) < 4.78 is 38.4. The van der Waals surface area contributed by atoms with Crippen molar-refractivity contribution in [2.75, 3.05) is 50.7 Å². The van der Waals surface area contributed by atoms with Gasteiger partial charge in [-0.2, -0.15) is 13.2 Å². The van der Waals surface area contributed by atoms with Crippen LogP contribution in [0.2, 0.25) is 0 Å². The molecule has 0 bridgehead atoms. The number of aromatic nitrogens is 1. The molecule has 12 heteroatoms. The number of anilines is 1. The van der Waals surface area contributed by atoms with Crippen LogP contribution >= 0.6 is 0 Å². The Morgan fingerprint density at radius 2 is 1.63 bits per heavy atom. The summed E-state index contributed by atoms with van der Waals surface area (Å²) >= 11 is 0. The molecule has 0 aliphatic carbocycles. The second-order valence-electron chi connectivity index (χ2n) is 8.44. The summed E-state index contributed by atoms with van der Waals surface area (Å²) in [7, 11) is 0. The van der Waals surface area contributed by atoms with Crippen LogP contribution in [0.1, 0.15) is 31.9 Å². The fourth-order valence-corrected chi connectivity index (χ4v) is 3.86. The molecule has 2 fully saturated rings. The number of piperazine rings is 1. The van der Waals surface area contributed by atoms with Gasteiger partial charge in [0.15, 0.2) is 0 Å². The molecule has 3 rings (SSSR count). The molecule has 35 heavy (non-hydrogen) atoms. The quantitative estimate of drug-likeness (QED) is 0.414. The van der Waals surface area contributed by atoms with Crippen LogP contribution in [0.5, 0.6) is 0 Å². The maximum atomic E-state index is 12.8. The highest BCUT2D eigenvalue weighted by molar-refractivity contribution is 5.89. The first-order valence-electron chi connectivity index (χ1n) is 11.4. The summed E-state index contributed by atoms with van der Waals surface area (Å²) in [5, 5.41) is 15.6. The number of carboxylic acids is 2. The van der Waals surface area contributed by atoms with E-state index in [1.807, 2.05) is 16.7 Å². The fraction of sp³-hybridized carbons (Fsp3) is 0.565. The molecular weight excluding hydrogens is 469 g/mol. The molecule has 2 aliphatic heterocycles. The van der Waals surface area contributed by atoms with Gasteiger partial charge in [0, 0.05) is 57.3 Å². The van der Waals surface area contributed by atoms with Crippen LogP contribution in [-0.2, 0) is 20.6 Å². The maximum absolute atomic E-state index is 12.8. The van der Waals surface area contributed by atoms with E-state index < -0.39 is 23.8 Å². The largest absolute Gasteiger partial charge is 0.478 e. The molecule has 0 radical (unpaired) electrons. The van der Waals surface area contributed by atoms with Crippen LogP contribution in [0.3, 0.4) is 0 Å². The number of hydrogen-bond acceptors (Lipinski definition) is 6. The predicted molar refractivity (Wildman–Crippen MR) is 122 cm³/mol. The van der Waals surface area contributed by atoms with Gasteiger partial charge in [0.2, 0.25) is 5.91 Å². The smallest absolute Gasteiger partial charge is 0.433 e. The van der Waals surface area contributed by atoms with Gasteiger partial charge in [-0.05, 0) is 37.9 Å². The maximum Gasteiger partial charge on any atom is 0.433 e. The molecule has 3 heterocycles. The number of pyridine rings is 1. The number of carbonyl (C=O) groups is 3. The zero-order valence-corrected chi connectivity index (χ0v) is 19.6. The molecule has 1 aromatic rings. The highest BCUT2D eigenvalue weighted by atomic mass is 19.4. The number of halogens is 3. The molecule has 2 saturated heterocycles. The van der Waals surface area contributed by atoms with E-state index in [4.69, 9.17) is 10.2 Å². The number of likely N-dealkylation sites (tertiary alicyclic amines) is 1. The summed E-state index contributed by atoms with van der Waals surface area (Å²) in [5.41, 5.74) is -0.840. The first-order chi connectivity index (χ1) is 16.5. The third kappa shape index (κ3) is 9.55. The van der Waals surface area contributed by atoms with Crippen LogP contribution in [-0.4, -0.2) is 88.7 Å². The normalized spacial score (nSPS) is 19.1. The lowest BCUT2D eigenvalue weighted by molar-refractivity contribution is -0.141. The number of hydrogen-bond donors (Lipinski definition) is 2. The fourth-order valence-electron chi connectivity index (χ4n) is 3.86. The van der Waals surface area contributed by atoms with E-state index in [9.17, 15) is 27.6 Å². The van der Waals surface area contributed by atoms with Crippen LogP contribution in [0, 0.1) is 5.92 Å². The van der Waals surface area contributed by atoms with Gasteiger partial charge < -0.3 is 20.0 Å². The first-order valence-corrected chi connectivity index (χ1v) is 11.4. The van der Waals surface area contributed by atoms with Gasteiger partial charge in [-0.1, -0.05) is 13.0 Å². The van der Waals surface area contributed by atoms with Crippen LogP contribution in [0.25, 0.3) is 0 Å². The standard InChI is InChI=1S/C19H27F3N4O.C4H4O4/c1-15-7-10-26(18(15)27)9-3-2-8-24-11-13-25(14-12-24)17-6-4-5-16(23-17)19(20,21)22;5-3(6)1-2-4(7)8/h4-6,15H,2-3,7-14H2,1H3;1-2H,(H,5,6)(H,7,8). The van der Waals surface area contributed by atoms with Gasteiger partial charge >= 0.3 is 18.1 Å². The van der Waals surface area contributed by atoms with E-state index in [1.54, 1.807) is 6.07 Å². The average Bonchev–Trinajstić information content (AvgIpc) is 3.13. The highest BCUT2D eigenvalue weighted by Crippen LogP contribution is 2.29. The van der Waals surface area contributed by atoms with Gasteiger partial charge in [0.1, 0.15) is 11.5 Å². The molecule has 1 aromatic heterocycles. The van der Waals surface area contributed by atoms with Gasteiger partial charge in [-0.15, -0.1) is 0 Å². The SMILES string of the molecule is CC1CCN(CCCCN2CCN(c3cccc(C(F)(F)F)n3)CC2)C1=O.O=C(O)C=CC(=O)O. The van der Waals surface area contributed by atoms with E-state index in [0.29, 0.717) is 31.1 Å². The molecule has 9 nitrogen and oxygen atoms in total. The third-order valence-corrected chi connectivity index (χ3v) is 5.81. The Bertz CT molecular complexity index is 885. The zero-order valence-electron chi connectivity index (χ0n) is 19.6. The number of carboxylic acid groups (broad SMARTS) is 2. The van der Waals surface area contributed by atoms with Crippen LogP contribution in [0.15, 0.2) is 30.4 Å². The minimum absolute atomic E-state index is 0.169. The summed E-state index contributed by atoms with van der Waals surface area (Å²) in [6.45, 7) is 7.64. The van der Waals surface area contributed by atoms with Crippen molar-refractivity contribution in [3.8, 4) is 0 Å². The number of unbranched alkanes of at least 4 members (excludes halogenated alkanes) is 1. The minimum atomic E-state index is -4.41. The van der Waals surface area contributed by atoms with Crippen molar-refractivity contribution in [3.63, 3.8) is 0 Å². The number of amides is 1. The van der Waals surface area contributed by atoms with E-state index in [0.717, 1.165) is 58.1 Å². The summed E-state index contributed by atoms with van der Waals surface area (Å²) in [5.74, 6) is -1.68. The zero-order chi connectivity index (χ0) is 26.0. The molecule has 2 N–H and O–H groups in total. The molecule has 194 valence electrons. The van der Waals surface area contributed by atoms with Crippen LogP contribution < -0.4 is 4.90 Å². The monoisotopic (exact) mass is 500 g/mol. The second-order valence-corrected chi connectivity index (χ2v) is 8.44. The van der Waals surface area contributed by atoms with Crippen molar-refractivity contribution >= 4 is 23.7 Å². The lowest BCUT2D eigenvalue weighted by atomic mass is 10.1. The molecule has 2 aliphatic rings. The van der Waals surface area contributed by atoms with Crippen molar-refractivity contribution in [1.29, 1.82) is 0 Å². The molecule has 1 atom stereocenters. The van der Waals surface area contributed by atoms with Gasteiger partial charge in [0.25, 0.3) is 0 Å². The number of rotatable bonds is 8. The van der Waals surface area contributed by atoms with E-state index >= 15 is 0 Å². The Labute approximate surface area is 201 Å². The minimum Gasteiger partial charge on any atom is -0.478 e. The number of aliphatic carboxylic acids is 2. The Morgan fingerprint density at radius 1 is 1.03 bits per heavy atom. The van der Waals surface area contributed by atoms with Gasteiger partial charge in [0.05, 0.1) is 0 Å². The van der Waals surface area contributed by atoms with Crippen molar-refractivity contribution < 1.29 is 37.8 Å². The van der Waals surface area contributed by atoms with Crippen molar-refractivity contribution in [1.82, 2.24) is 14.8 Å². The van der Waals surface area contributed by atoms with E-state index in [-0.39, 0.29) is 11.8 Å². The predicted octanol–water partition coefficient (Wildman–Crippen LogP) is 2.58. The highest BCUT2D eigenvalue weighted by Gasteiger charge is 2.33. The molecular formula is C23H31F3N4O5. The second kappa shape index (κ2) is 13.1. The summed E-state index contributed by atoms with van der Waals surface area (Å²) in [6, 6.07) is 4.06. The lowest BCUT2D eigenvalue weighted by Crippen LogP contribution is -2.47. The van der Waals surface area contributed by atoms with Gasteiger partial charge in [-0.25, -0.2) is 14.6 Å². The van der Waals surface area contributed by atoms with Crippen molar-refractivity contribution in [2.45, 2.75) is 32.4 Å². The molecule has 1 amide bonds. The van der Waals surface area contributed by atoms with Crippen LogP contribution in [0.4, 0.5) is 19.0 Å². The van der Waals surface area contributed by atoms with Gasteiger partial charge in [-0.3, -0.25) is 9.69 Å². The Kier molecular flexibility index (Phi) is 10.5. The first kappa shape index (κ1) is 28.1. The molecule has 0 aromatic carbocycles. The van der Waals surface area contributed by atoms with E-state index in [1.165, 1.54) is 6.07 Å². The summed E-state index contributed by atoms with van der Waals surface area (Å²) in [6.07, 6.45) is -0.310. The third-order valence-electron chi connectivity index (χ3n) is 5.81. The van der Waals surface area contributed by atoms with Crippen molar-refractivity contribution in [2.24, 2.45) is 5.92 Å². The van der Waals surface area contributed by atoms with E-state index in [2.05, 4.69) is 9.88 Å². The topological polar surface area (TPSA) is 114 Å².